The van der Waals surface area contributed by atoms with Gasteiger partial charge in [0.05, 0.1) is 19.8 Å². The SMILES string of the molecule is COC(=O)C(C)O[C@H]1[C@H](O)[C@@H](CN=[N+]=[N-])O[C@H](O)[C@@H]1NC(C)=O. The summed E-state index contributed by atoms with van der Waals surface area (Å²) < 4.78 is 15.1. The number of ether oxygens (including phenoxy) is 3. The van der Waals surface area contributed by atoms with Crippen molar-refractivity contribution in [2.45, 2.75) is 50.6 Å². The molecule has 0 spiro atoms. The molecule has 1 unspecified atom stereocenters. The largest absolute Gasteiger partial charge is 0.467 e. The maximum absolute atomic E-state index is 11.5. The topological polar surface area (TPSA) is 163 Å². The van der Waals surface area contributed by atoms with Gasteiger partial charge in [0.2, 0.25) is 5.91 Å². The molecule has 3 N–H and O–H groups in total. The number of esters is 1. The quantitative estimate of drug-likeness (QED) is 0.238. The van der Waals surface area contributed by atoms with Gasteiger partial charge in [-0.15, -0.1) is 0 Å². The average Bonchev–Trinajstić information content (AvgIpc) is 2.51. The fraction of sp³-hybridized carbons (Fsp3) is 0.833. The van der Waals surface area contributed by atoms with Crippen LogP contribution in [-0.2, 0) is 23.8 Å². The highest BCUT2D eigenvalue weighted by Gasteiger charge is 2.46. The fourth-order valence-corrected chi connectivity index (χ4v) is 2.21. The fourth-order valence-electron chi connectivity index (χ4n) is 2.21. The Hall–Kier alpha value is -1.91. The molecule has 6 atom stereocenters. The van der Waals surface area contributed by atoms with E-state index in [9.17, 15) is 19.8 Å². The molecule has 1 fully saturated rings. The molecule has 130 valence electrons. The van der Waals surface area contributed by atoms with E-state index in [-0.39, 0.29) is 6.54 Å². The molecule has 23 heavy (non-hydrogen) atoms. The van der Waals surface area contributed by atoms with Crippen molar-refractivity contribution in [3.05, 3.63) is 10.4 Å². The van der Waals surface area contributed by atoms with Gasteiger partial charge in [-0.3, -0.25) is 4.79 Å². The Balaban J connectivity index is 2.98. The van der Waals surface area contributed by atoms with Gasteiger partial charge in [0.1, 0.15) is 18.2 Å². The minimum Gasteiger partial charge on any atom is -0.467 e. The summed E-state index contributed by atoms with van der Waals surface area (Å²) in [5, 5.41) is 26.0. The predicted octanol–water partition coefficient (Wildman–Crippen LogP) is -1.17. The van der Waals surface area contributed by atoms with E-state index in [0.717, 1.165) is 0 Å². The van der Waals surface area contributed by atoms with Crippen molar-refractivity contribution < 1.29 is 34.0 Å². The molecular weight excluding hydrogens is 312 g/mol. The first-order chi connectivity index (χ1) is 10.8. The van der Waals surface area contributed by atoms with Crippen LogP contribution in [0.2, 0.25) is 0 Å². The van der Waals surface area contributed by atoms with Gasteiger partial charge in [-0.25, -0.2) is 4.79 Å². The van der Waals surface area contributed by atoms with Gasteiger partial charge in [0.15, 0.2) is 12.4 Å². The van der Waals surface area contributed by atoms with Crippen LogP contribution in [0.15, 0.2) is 5.11 Å². The third-order valence-corrected chi connectivity index (χ3v) is 3.28. The third-order valence-electron chi connectivity index (χ3n) is 3.28. The monoisotopic (exact) mass is 332 g/mol. The third kappa shape index (κ3) is 5.05. The van der Waals surface area contributed by atoms with Crippen LogP contribution >= 0.6 is 0 Å². The van der Waals surface area contributed by atoms with Crippen molar-refractivity contribution in [2.75, 3.05) is 13.7 Å². The van der Waals surface area contributed by atoms with Crippen LogP contribution in [0.1, 0.15) is 13.8 Å². The number of nitrogens with one attached hydrogen (secondary N) is 1. The molecule has 11 heteroatoms. The molecule has 0 aliphatic carbocycles. The second kappa shape index (κ2) is 8.65. The molecule has 0 bridgehead atoms. The number of carbonyl (C=O) groups excluding carboxylic acids is 2. The summed E-state index contributed by atoms with van der Waals surface area (Å²) in [4.78, 5) is 25.3. The van der Waals surface area contributed by atoms with Crippen LogP contribution in [0.25, 0.3) is 10.4 Å². The maximum Gasteiger partial charge on any atom is 0.334 e. The van der Waals surface area contributed by atoms with E-state index < -0.39 is 48.6 Å². The Morgan fingerprint density at radius 2 is 2.13 bits per heavy atom. The molecule has 0 aromatic heterocycles. The van der Waals surface area contributed by atoms with Crippen molar-refractivity contribution >= 4 is 11.9 Å². The number of carbonyl (C=O) groups is 2. The molecule has 1 aliphatic rings. The number of nitrogens with zero attached hydrogens (tertiary/aromatic N) is 3. The first kappa shape index (κ1) is 19.1. The van der Waals surface area contributed by atoms with Gasteiger partial charge >= 0.3 is 5.97 Å². The van der Waals surface area contributed by atoms with E-state index >= 15 is 0 Å². The standard InChI is InChI=1S/C12H20N4O7/c1-5(11(19)21-3)22-10-8(15-6(2)17)12(20)23-7(9(10)18)4-14-16-13/h5,7-10,12,18,20H,4H2,1-3H3,(H,15,17)/t5?,7-,8-,9-,10-,12+/m1/s1. The summed E-state index contributed by atoms with van der Waals surface area (Å²) in [5.41, 5.74) is 8.35. The molecule has 0 saturated carbocycles. The van der Waals surface area contributed by atoms with Gasteiger partial charge in [-0.05, 0) is 12.5 Å². The van der Waals surface area contributed by atoms with Gasteiger partial charge < -0.3 is 29.7 Å². The first-order valence-electron chi connectivity index (χ1n) is 6.84. The Bertz CT molecular complexity index is 482. The highest BCUT2D eigenvalue weighted by Crippen LogP contribution is 2.24. The Labute approximate surface area is 132 Å². The van der Waals surface area contributed by atoms with E-state index in [1.807, 2.05) is 0 Å². The molecule has 1 aliphatic heterocycles. The van der Waals surface area contributed by atoms with Crippen LogP contribution in [0, 0.1) is 0 Å². The predicted molar refractivity (Wildman–Crippen MR) is 74.9 cm³/mol. The minimum atomic E-state index is -1.52. The number of hydrogen-bond donors (Lipinski definition) is 3. The molecule has 0 radical (unpaired) electrons. The molecule has 1 saturated heterocycles. The number of aliphatic hydroxyl groups excluding tert-OH is 2. The summed E-state index contributed by atoms with van der Waals surface area (Å²) in [6.45, 7) is 2.35. The number of amides is 1. The van der Waals surface area contributed by atoms with Crippen molar-refractivity contribution in [1.82, 2.24) is 5.32 Å². The Kier molecular flexibility index (Phi) is 7.20. The van der Waals surface area contributed by atoms with Crippen LogP contribution in [0.3, 0.4) is 0 Å². The van der Waals surface area contributed by atoms with Crippen LogP contribution < -0.4 is 5.32 Å². The second-order valence-electron chi connectivity index (χ2n) is 4.96. The highest BCUT2D eigenvalue weighted by molar-refractivity contribution is 5.74. The zero-order valence-electron chi connectivity index (χ0n) is 12.9. The number of hydrogen-bond acceptors (Lipinski definition) is 8. The van der Waals surface area contributed by atoms with Crippen LogP contribution in [0.4, 0.5) is 0 Å². The lowest BCUT2D eigenvalue weighted by Crippen LogP contribution is -2.65. The molecule has 11 nitrogen and oxygen atoms in total. The zero-order valence-corrected chi connectivity index (χ0v) is 12.9. The number of rotatable bonds is 6. The number of methoxy groups -OCH3 is 1. The van der Waals surface area contributed by atoms with Gasteiger partial charge in [-0.1, -0.05) is 5.11 Å². The van der Waals surface area contributed by atoms with Gasteiger partial charge in [0, 0.05) is 11.8 Å². The number of azide groups is 1. The lowest BCUT2D eigenvalue weighted by molar-refractivity contribution is -0.259. The first-order valence-corrected chi connectivity index (χ1v) is 6.84. The average molecular weight is 332 g/mol. The lowest BCUT2D eigenvalue weighted by atomic mass is 9.96. The second-order valence-corrected chi connectivity index (χ2v) is 4.96. The normalized spacial score (nSPS) is 31.6. The van der Waals surface area contributed by atoms with E-state index in [1.165, 1.54) is 21.0 Å². The lowest BCUT2D eigenvalue weighted by Gasteiger charge is -2.43. The van der Waals surface area contributed by atoms with E-state index in [0.29, 0.717) is 0 Å². The van der Waals surface area contributed by atoms with E-state index in [4.69, 9.17) is 15.0 Å². The zero-order chi connectivity index (χ0) is 17.6. The van der Waals surface area contributed by atoms with E-state index in [2.05, 4.69) is 20.1 Å². The molecule has 1 heterocycles. The van der Waals surface area contributed by atoms with Gasteiger partial charge in [0.25, 0.3) is 0 Å². The molecule has 1 rings (SSSR count). The molecular formula is C12H20N4O7. The summed E-state index contributed by atoms with van der Waals surface area (Å²) in [5.74, 6) is -1.18. The smallest absolute Gasteiger partial charge is 0.334 e. The molecule has 0 aromatic rings. The van der Waals surface area contributed by atoms with Crippen molar-refractivity contribution in [3.63, 3.8) is 0 Å². The van der Waals surface area contributed by atoms with E-state index in [1.54, 1.807) is 0 Å². The Morgan fingerprint density at radius 1 is 1.48 bits per heavy atom. The summed E-state index contributed by atoms with van der Waals surface area (Å²) in [6.07, 6.45) is -6.15. The van der Waals surface area contributed by atoms with Gasteiger partial charge in [-0.2, -0.15) is 0 Å². The van der Waals surface area contributed by atoms with Crippen LogP contribution in [0.5, 0.6) is 0 Å². The highest BCUT2D eigenvalue weighted by atomic mass is 16.6. The van der Waals surface area contributed by atoms with Crippen molar-refractivity contribution in [2.24, 2.45) is 5.11 Å². The minimum absolute atomic E-state index is 0.256. The van der Waals surface area contributed by atoms with Crippen LogP contribution in [-0.4, -0.2) is 72.5 Å². The maximum atomic E-state index is 11.5. The molecule has 1 amide bonds. The molecule has 0 aromatic carbocycles. The Morgan fingerprint density at radius 3 is 2.65 bits per heavy atom. The summed E-state index contributed by atoms with van der Waals surface area (Å²) in [7, 11) is 1.17. The summed E-state index contributed by atoms with van der Waals surface area (Å²) >= 11 is 0. The van der Waals surface area contributed by atoms with Crippen molar-refractivity contribution in [1.29, 1.82) is 0 Å². The van der Waals surface area contributed by atoms with Crippen molar-refractivity contribution in [3.8, 4) is 0 Å². The number of aliphatic hydroxyl groups is 2. The summed E-state index contributed by atoms with van der Waals surface area (Å²) in [6, 6.07) is -1.11.